The molecule has 3 rings (SSSR count). The third-order valence-corrected chi connectivity index (χ3v) is 9.56. The number of sulfonamides is 1. The summed E-state index contributed by atoms with van der Waals surface area (Å²) in [7, 11) is -7.15. The van der Waals surface area contributed by atoms with Gasteiger partial charge in [0.25, 0.3) is 0 Å². The second-order valence-corrected chi connectivity index (χ2v) is 12.0. The molecule has 1 aliphatic rings. The van der Waals surface area contributed by atoms with Gasteiger partial charge in [-0.05, 0) is 55.7 Å². The molecule has 0 saturated heterocycles. The van der Waals surface area contributed by atoms with Gasteiger partial charge in [-0.1, -0.05) is 31.5 Å². The van der Waals surface area contributed by atoms with Crippen LogP contribution in [0.4, 0.5) is 5.69 Å². The van der Waals surface area contributed by atoms with E-state index in [0.717, 1.165) is 11.1 Å². The molecule has 32 heavy (non-hydrogen) atoms. The highest BCUT2D eigenvalue weighted by atomic mass is 32.2. The van der Waals surface area contributed by atoms with Crippen LogP contribution in [0, 0.1) is 6.92 Å². The second-order valence-electron chi connectivity index (χ2n) is 7.91. The van der Waals surface area contributed by atoms with Gasteiger partial charge in [0.05, 0.1) is 15.5 Å². The number of benzene rings is 2. The number of carbonyl (C=O) groups is 1. The molecule has 2 aromatic rings. The zero-order chi connectivity index (χ0) is 23.5. The van der Waals surface area contributed by atoms with Crippen LogP contribution >= 0.6 is 0 Å². The van der Waals surface area contributed by atoms with Gasteiger partial charge in [0, 0.05) is 31.7 Å². The summed E-state index contributed by atoms with van der Waals surface area (Å²) in [5, 5.41) is 0. The summed E-state index contributed by atoms with van der Waals surface area (Å²) in [6.07, 6.45) is 1.23. The number of carbonyl (C=O) groups excluding carboxylic acids is 1. The summed E-state index contributed by atoms with van der Waals surface area (Å²) in [6, 6.07) is 11.4. The highest BCUT2D eigenvalue weighted by Gasteiger charge is 2.28. The van der Waals surface area contributed by atoms with E-state index in [-0.39, 0.29) is 27.9 Å². The topological polar surface area (TPSA) is 91.8 Å². The van der Waals surface area contributed by atoms with Crippen LogP contribution in [-0.2, 0) is 31.1 Å². The number of rotatable bonds is 8. The van der Waals surface area contributed by atoms with Crippen LogP contribution in [0.5, 0.6) is 0 Å². The van der Waals surface area contributed by atoms with Crippen molar-refractivity contribution < 1.29 is 21.6 Å². The van der Waals surface area contributed by atoms with Gasteiger partial charge < -0.3 is 4.90 Å². The first kappa shape index (κ1) is 24.4. The Balaban J connectivity index is 1.78. The van der Waals surface area contributed by atoms with Crippen LogP contribution in [0.25, 0.3) is 0 Å². The first-order valence-electron chi connectivity index (χ1n) is 10.8. The Kier molecular flexibility index (Phi) is 7.42. The summed E-state index contributed by atoms with van der Waals surface area (Å²) in [6.45, 7) is 6.73. The Bertz CT molecular complexity index is 1190. The molecule has 174 valence electrons. The monoisotopic (exact) mass is 478 g/mol. The predicted octanol–water partition coefficient (Wildman–Crippen LogP) is 3.17. The minimum absolute atomic E-state index is 0.130. The van der Waals surface area contributed by atoms with Gasteiger partial charge >= 0.3 is 0 Å². The number of amides is 1. The van der Waals surface area contributed by atoms with E-state index in [1.807, 2.05) is 6.92 Å². The van der Waals surface area contributed by atoms with Crippen molar-refractivity contribution in [3.05, 3.63) is 53.6 Å². The van der Waals surface area contributed by atoms with Gasteiger partial charge in [-0.25, -0.2) is 16.8 Å². The maximum atomic E-state index is 12.9. The van der Waals surface area contributed by atoms with Crippen molar-refractivity contribution in [3.63, 3.8) is 0 Å². The zero-order valence-electron chi connectivity index (χ0n) is 18.7. The minimum Gasteiger partial charge on any atom is -0.312 e. The summed E-state index contributed by atoms with van der Waals surface area (Å²) < 4.78 is 52.3. The average Bonchev–Trinajstić information content (AvgIpc) is 2.77. The number of sulfone groups is 1. The molecule has 0 bridgehead atoms. The van der Waals surface area contributed by atoms with E-state index < -0.39 is 19.9 Å². The summed E-state index contributed by atoms with van der Waals surface area (Å²) in [4.78, 5) is 14.9. The van der Waals surface area contributed by atoms with E-state index in [0.29, 0.717) is 38.2 Å². The van der Waals surface area contributed by atoms with E-state index in [9.17, 15) is 21.6 Å². The SMILES string of the molecule is CCN(CC)S(=O)(=O)c1ccc2c(c1)CCCN2C(=O)CCS(=O)(=O)c1ccc(C)cc1. The van der Waals surface area contributed by atoms with Crippen molar-refractivity contribution in [2.75, 3.05) is 30.3 Å². The largest absolute Gasteiger partial charge is 0.312 e. The molecule has 0 radical (unpaired) electrons. The van der Waals surface area contributed by atoms with Crippen LogP contribution < -0.4 is 4.90 Å². The van der Waals surface area contributed by atoms with Gasteiger partial charge in [0.2, 0.25) is 15.9 Å². The molecule has 0 atom stereocenters. The number of fused-ring (bicyclic) bond motifs is 1. The quantitative estimate of drug-likeness (QED) is 0.581. The smallest absolute Gasteiger partial charge is 0.243 e. The Morgan fingerprint density at radius 3 is 2.22 bits per heavy atom. The van der Waals surface area contributed by atoms with Crippen molar-refractivity contribution in [2.45, 2.75) is 49.8 Å². The minimum atomic E-state index is -3.59. The lowest BCUT2D eigenvalue weighted by atomic mass is 10.0. The lowest BCUT2D eigenvalue weighted by Crippen LogP contribution is -2.36. The molecule has 0 aliphatic carbocycles. The van der Waals surface area contributed by atoms with Crippen LogP contribution in [0.2, 0.25) is 0 Å². The molecule has 1 aliphatic heterocycles. The van der Waals surface area contributed by atoms with Crippen molar-refractivity contribution in [3.8, 4) is 0 Å². The molecule has 0 saturated carbocycles. The fourth-order valence-corrected chi connectivity index (χ4v) is 6.66. The summed E-state index contributed by atoms with van der Waals surface area (Å²) in [5.74, 6) is -0.546. The van der Waals surface area contributed by atoms with Crippen molar-refractivity contribution in [1.82, 2.24) is 4.31 Å². The predicted molar refractivity (Wildman–Crippen MR) is 125 cm³/mol. The molecule has 1 amide bonds. The number of nitrogens with zero attached hydrogens (tertiary/aromatic N) is 2. The van der Waals surface area contributed by atoms with Crippen molar-refractivity contribution >= 4 is 31.5 Å². The number of hydrogen-bond acceptors (Lipinski definition) is 5. The molecule has 0 spiro atoms. The maximum absolute atomic E-state index is 12.9. The molecule has 0 aromatic heterocycles. The molecule has 9 heteroatoms. The molecular formula is C23H30N2O5S2. The molecule has 2 aromatic carbocycles. The molecule has 7 nitrogen and oxygen atoms in total. The number of anilines is 1. The first-order valence-corrected chi connectivity index (χ1v) is 13.9. The third-order valence-electron chi connectivity index (χ3n) is 5.78. The standard InChI is InChI=1S/C23H30N2O5S2/c1-4-24(5-2)32(29,30)21-12-13-22-19(17-21)7-6-15-25(22)23(26)14-16-31(27,28)20-10-8-18(3)9-11-20/h8-13,17H,4-7,14-16H2,1-3H3. The van der Waals surface area contributed by atoms with Crippen LogP contribution in [0.3, 0.4) is 0 Å². The first-order chi connectivity index (χ1) is 15.1. The average molecular weight is 479 g/mol. The number of aryl methyl sites for hydroxylation is 2. The van der Waals surface area contributed by atoms with Gasteiger partial charge in [0.15, 0.2) is 9.84 Å². The fourth-order valence-electron chi connectivity index (χ4n) is 3.93. The highest BCUT2D eigenvalue weighted by molar-refractivity contribution is 7.91. The van der Waals surface area contributed by atoms with Gasteiger partial charge in [-0.15, -0.1) is 0 Å². The molecule has 0 unspecified atom stereocenters. The fraction of sp³-hybridized carbons (Fsp3) is 0.435. The Hall–Kier alpha value is -2.23. The van der Waals surface area contributed by atoms with E-state index in [4.69, 9.17) is 0 Å². The van der Waals surface area contributed by atoms with E-state index in [2.05, 4.69) is 0 Å². The van der Waals surface area contributed by atoms with Gasteiger partial charge in [0.1, 0.15) is 0 Å². The molecule has 0 fully saturated rings. The second kappa shape index (κ2) is 9.72. The number of hydrogen-bond donors (Lipinski definition) is 0. The molecular weight excluding hydrogens is 448 g/mol. The van der Waals surface area contributed by atoms with E-state index in [1.165, 1.54) is 10.4 Å². The van der Waals surface area contributed by atoms with Crippen LogP contribution in [0.1, 0.15) is 37.8 Å². The van der Waals surface area contributed by atoms with E-state index in [1.54, 1.807) is 55.1 Å². The third kappa shape index (κ3) is 5.05. The Labute approximate surface area is 191 Å². The Morgan fingerprint density at radius 2 is 1.59 bits per heavy atom. The Morgan fingerprint density at radius 1 is 0.969 bits per heavy atom. The zero-order valence-corrected chi connectivity index (χ0v) is 20.4. The van der Waals surface area contributed by atoms with E-state index >= 15 is 0 Å². The highest BCUT2D eigenvalue weighted by Crippen LogP contribution is 2.31. The summed E-state index contributed by atoms with van der Waals surface area (Å²) >= 11 is 0. The molecule has 0 N–H and O–H groups in total. The lowest BCUT2D eigenvalue weighted by Gasteiger charge is -2.30. The lowest BCUT2D eigenvalue weighted by molar-refractivity contribution is -0.118. The van der Waals surface area contributed by atoms with Gasteiger partial charge in [-0.2, -0.15) is 4.31 Å². The van der Waals surface area contributed by atoms with Gasteiger partial charge in [-0.3, -0.25) is 4.79 Å². The van der Waals surface area contributed by atoms with Crippen molar-refractivity contribution in [2.24, 2.45) is 0 Å². The normalized spacial score (nSPS) is 14.4. The van der Waals surface area contributed by atoms with Crippen LogP contribution in [-0.4, -0.2) is 52.4 Å². The summed E-state index contributed by atoms with van der Waals surface area (Å²) in [5.41, 5.74) is 2.42. The van der Waals surface area contributed by atoms with Crippen LogP contribution in [0.15, 0.2) is 52.3 Å². The van der Waals surface area contributed by atoms with Crippen molar-refractivity contribution in [1.29, 1.82) is 0 Å². The maximum Gasteiger partial charge on any atom is 0.243 e. The molecule has 1 heterocycles.